The molecule has 9 nitrogen and oxygen atoms in total. The number of para-hydroxylation sites is 1. The van der Waals surface area contributed by atoms with Crippen LogP contribution in [0.25, 0.3) is 16.7 Å². The van der Waals surface area contributed by atoms with Gasteiger partial charge in [-0.1, -0.05) is 37.2 Å². The topological polar surface area (TPSA) is 108 Å². The Balaban J connectivity index is 1.54. The molecule has 2 heterocycles. The lowest BCUT2D eigenvalue weighted by Crippen LogP contribution is -2.23. The van der Waals surface area contributed by atoms with E-state index >= 15 is 0 Å². The number of thioether (sulfide) groups is 1. The van der Waals surface area contributed by atoms with Crippen LogP contribution in [0.15, 0.2) is 58.5 Å². The molecular formula is C24H25N5O4S. The van der Waals surface area contributed by atoms with Crippen molar-refractivity contribution in [3.8, 4) is 0 Å². The maximum Gasteiger partial charge on any atom is 0.338 e. The summed E-state index contributed by atoms with van der Waals surface area (Å²) in [5, 5.41) is 12.5. The van der Waals surface area contributed by atoms with Gasteiger partial charge in [0.05, 0.1) is 28.8 Å². The summed E-state index contributed by atoms with van der Waals surface area (Å²) in [5.41, 5.74) is 1.61. The van der Waals surface area contributed by atoms with Gasteiger partial charge in [0, 0.05) is 12.2 Å². The van der Waals surface area contributed by atoms with Crippen molar-refractivity contribution in [2.45, 2.75) is 38.4 Å². The molecule has 1 amide bonds. The number of hydrogen-bond acceptors (Lipinski definition) is 7. The molecule has 2 aromatic carbocycles. The van der Waals surface area contributed by atoms with Gasteiger partial charge < -0.3 is 10.1 Å². The summed E-state index contributed by atoms with van der Waals surface area (Å²) in [4.78, 5) is 37.3. The smallest absolute Gasteiger partial charge is 0.338 e. The van der Waals surface area contributed by atoms with Gasteiger partial charge in [0.1, 0.15) is 0 Å². The number of aromatic nitrogens is 4. The van der Waals surface area contributed by atoms with Crippen molar-refractivity contribution in [3.05, 3.63) is 64.4 Å². The fourth-order valence-electron chi connectivity index (χ4n) is 3.58. The number of rotatable bonds is 9. The van der Waals surface area contributed by atoms with Crippen molar-refractivity contribution < 1.29 is 14.3 Å². The molecule has 176 valence electrons. The highest BCUT2D eigenvalue weighted by molar-refractivity contribution is 7.99. The van der Waals surface area contributed by atoms with Gasteiger partial charge in [-0.05, 0) is 49.7 Å². The van der Waals surface area contributed by atoms with Crippen molar-refractivity contribution in [3.63, 3.8) is 0 Å². The van der Waals surface area contributed by atoms with E-state index in [1.807, 2.05) is 22.6 Å². The summed E-state index contributed by atoms with van der Waals surface area (Å²) in [5.74, 6) is -0.0637. The second-order valence-corrected chi connectivity index (χ2v) is 8.52. The number of ether oxygens (including phenoxy) is 1. The molecule has 0 aliphatic carbocycles. The summed E-state index contributed by atoms with van der Waals surface area (Å²) < 4.78 is 8.44. The van der Waals surface area contributed by atoms with Gasteiger partial charge in [0.15, 0.2) is 5.16 Å². The van der Waals surface area contributed by atoms with E-state index in [1.165, 1.54) is 11.8 Å². The molecule has 0 fully saturated rings. The van der Waals surface area contributed by atoms with Crippen molar-refractivity contribution in [2.24, 2.45) is 0 Å². The fraction of sp³-hybridized carbons (Fsp3) is 0.292. The quantitative estimate of drug-likeness (QED) is 0.288. The number of fused-ring (bicyclic) bond motifs is 3. The maximum atomic E-state index is 13.0. The van der Waals surface area contributed by atoms with Crippen LogP contribution in [-0.2, 0) is 16.1 Å². The monoisotopic (exact) mass is 479 g/mol. The second-order valence-electron chi connectivity index (χ2n) is 7.58. The number of benzene rings is 2. The number of esters is 1. The van der Waals surface area contributed by atoms with E-state index in [0.717, 1.165) is 12.8 Å². The first kappa shape index (κ1) is 23.5. The lowest BCUT2D eigenvalue weighted by atomic mass is 10.2. The van der Waals surface area contributed by atoms with E-state index in [-0.39, 0.29) is 17.2 Å². The molecule has 4 rings (SSSR count). The molecule has 34 heavy (non-hydrogen) atoms. The Morgan fingerprint density at radius 1 is 1.06 bits per heavy atom. The van der Waals surface area contributed by atoms with Crippen LogP contribution in [0.1, 0.15) is 37.0 Å². The first-order valence-electron chi connectivity index (χ1n) is 11.1. The van der Waals surface area contributed by atoms with Gasteiger partial charge in [-0.25, -0.2) is 4.79 Å². The fourth-order valence-corrected chi connectivity index (χ4v) is 4.32. The number of hydrogen-bond donors (Lipinski definition) is 1. The first-order chi connectivity index (χ1) is 16.5. The van der Waals surface area contributed by atoms with Gasteiger partial charge in [-0.3, -0.25) is 18.6 Å². The second kappa shape index (κ2) is 10.5. The number of carbonyl (C=O) groups excluding carboxylic acids is 2. The zero-order valence-electron chi connectivity index (χ0n) is 19.0. The summed E-state index contributed by atoms with van der Waals surface area (Å²) >= 11 is 1.24. The Kier molecular flexibility index (Phi) is 7.27. The van der Waals surface area contributed by atoms with Gasteiger partial charge in [-0.15, -0.1) is 10.2 Å². The Morgan fingerprint density at radius 3 is 2.56 bits per heavy atom. The minimum atomic E-state index is -0.403. The summed E-state index contributed by atoms with van der Waals surface area (Å²) in [6.45, 7) is 4.66. The van der Waals surface area contributed by atoms with Gasteiger partial charge in [0.25, 0.3) is 5.56 Å². The summed E-state index contributed by atoms with van der Waals surface area (Å²) in [7, 11) is 0. The van der Waals surface area contributed by atoms with Crippen molar-refractivity contribution in [2.75, 3.05) is 17.7 Å². The van der Waals surface area contributed by atoms with Crippen LogP contribution in [0.2, 0.25) is 0 Å². The summed E-state index contributed by atoms with van der Waals surface area (Å²) in [6.07, 6.45) is 1.79. The standard InChI is InChI=1S/C24H25N5O4S/c1-3-5-14-28-21(31)18-8-6-7-9-19(18)29-23(28)26-27-24(29)34-15-20(30)25-17-12-10-16(11-13-17)22(32)33-4-2/h6-13H,3-5,14-15H2,1-2H3,(H,25,30). The van der Waals surface area contributed by atoms with Gasteiger partial charge in [0.2, 0.25) is 11.7 Å². The third kappa shape index (κ3) is 4.81. The van der Waals surface area contributed by atoms with E-state index in [0.29, 0.717) is 46.2 Å². The molecule has 0 atom stereocenters. The molecule has 0 saturated heterocycles. The van der Waals surface area contributed by atoms with Crippen LogP contribution in [0.5, 0.6) is 0 Å². The molecule has 4 aromatic rings. The zero-order chi connectivity index (χ0) is 24.1. The minimum Gasteiger partial charge on any atom is -0.462 e. The Bertz CT molecular complexity index is 1390. The normalized spacial score (nSPS) is 11.1. The van der Waals surface area contributed by atoms with E-state index in [4.69, 9.17) is 4.74 Å². The van der Waals surface area contributed by atoms with E-state index in [9.17, 15) is 14.4 Å². The molecule has 2 aromatic heterocycles. The third-order valence-corrected chi connectivity index (χ3v) is 6.15. The lowest BCUT2D eigenvalue weighted by molar-refractivity contribution is -0.113. The molecule has 1 N–H and O–H groups in total. The highest BCUT2D eigenvalue weighted by Crippen LogP contribution is 2.22. The molecule has 0 bridgehead atoms. The maximum absolute atomic E-state index is 13.0. The van der Waals surface area contributed by atoms with Crippen molar-refractivity contribution >= 4 is 46.0 Å². The first-order valence-corrected chi connectivity index (χ1v) is 12.1. The van der Waals surface area contributed by atoms with Gasteiger partial charge >= 0.3 is 5.97 Å². The van der Waals surface area contributed by atoms with Crippen LogP contribution in [0, 0.1) is 0 Å². The summed E-state index contributed by atoms with van der Waals surface area (Å²) in [6, 6.07) is 13.9. The molecule has 0 aliphatic heterocycles. The van der Waals surface area contributed by atoms with E-state index < -0.39 is 5.97 Å². The van der Waals surface area contributed by atoms with Gasteiger partial charge in [-0.2, -0.15) is 0 Å². The Labute approximate surface area is 200 Å². The number of anilines is 1. The SMILES string of the molecule is CCCCn1c(=O)c2ccccc2n2c(SCC(=O)Nc3ccc(C(=O)OCC)cc3)nnc12. The predicted molar refractivity (Wildman–Crippen MR) is 131 cm³/mol. The van der Waals surface area contributed by atoms with Crippen molar-refractivity contribution in [1.29, 1.82) is 0 Å². The average Bonchev–Trinajstić information content (AvgIpc) is 3.27. The third-order valence-electron chi connectivity index (χ3n) is 5.23. The van der Waals surface area contributed by atoms with E-state index in [1.54, 1.807) is 41.8 Å². The number of carbonyl (C=O) groups is 2. The van der Waals surface area contributed by atoms with E-state index in [2.05, 4.69) is 22.4 Å². The molecule has 10 heteroatoms. The molecule has 0 saturated carbocycles. The lowest BCUT2D eigenvalue weighted by Gasteiger charge is -2.11. The Hall–Kier alpha value is -3.66. The Morgan fingerprint density at radius 2 is 1.82 bits per heavy atom. The number of amides is 1. The average molecular weight is 480 g/mol. The number of aryl methyl sites for hydroxylation is 1. The molecule has 0 radical (unpaired) electrons. The zero-order valence-corrected chi connectivity index (χ0v) is 19.8. The highest BCUT2D eigenvalue weighted by atomic mass is 32.2. The number of unbranched alkanes of at least 4 members (excludes halogenated alkanes) is 1. The molecule has 0 aliphatic rings. The predicted octanol–water partition coefficient (Wildman–Crippen LogP) is 3.75. The molecule has 0 unspecified atom stereocenters. The number of nitrogens with one attached hydrogen (secondary N) is 1. The van der Waals surface area contributed by atoms with Crippen LogP contribution < -0.4 is 10.9 Å². The highest BCUT2D eigenvalue weighted by Gasteiger charge is 2.17. The minimum absolute atomic E-state index is 0.0930. The number of nitrogens with zero attached hydrogens (tertiary/aromatic N) is 4. The van der Waals surface area contributed by atoms with Crippen LogP contribution in [0.4, 0.5) is 5.69 Å². The van der Waals surface area contributed by atoms with Crippen LogP contribution in [-0.4, -0.2) is 43.4 Å². The van der Waals surface area contributed by atoms with Crippen molar-refractivity contribution in [1.82, 2.24) is 19.2 Å². The molecule has 0 spiro atoms. The van der Waals surface area contributed by atoms with Crippen LogP contribution >= 0.6 is 11.8 Å². The largest absolute Gasteiger partial charge is 0.462 e. The molecular weight excluding hydrogens is 454 g/mol. The van der Waals surface area contributed by atoms with Crippen LogP contribution in [0.3, 0.4) is 0 Å².